The third-order valence-corrected chi connectivity index (χ3v) is 3.34. The van der Waals surface area contributed by atoms with Gasteiger partial charge in [0.1, 0.15) is 11.6 Å². The first-order valence-corrected chi connectivity index (χ1v) is 7.23. The molecule has 0 fully saturated rings. The van der Waals surface area contributed by atoms with E-state index in [0.717, 1.165) is 11.4 Å². The quantitative estimate of drug-likeness (QED) is 0.623. The molecule has 0 aliphatic rings. The molecule has 8 nitrogen and oxygen atoms in total. The Kier molecular flexibility index (Phi) is 5.15. The molecule has 0 bridgehead atoms. The van der Waals surface area contributed by atoms with Gasteiger partial charge >= 0.3 is 6.03 Å². The maximum absolute atomic E-state index is 11.8. The van der Waals surface area contributed by atoms with Crippen molar-refractivity contribution in [1.29, 1.82) is 5.26 Å². The fourth-order valence-corrected chi connectivity index (χ4v) is 2.15. The molecule has 2 amide bonds. The average molecular weight is 313 g/mol. The van der Waals surface area contributed by atoms with Gasteiger partial charge in [-0.05, 0) is 38.8 Å². The van der Waals surface area contributed by atoms with E-state index in [1.165, 1.54) is 0 Å². The van der Waals surface area contributed by atoms with E-state index in [0.29, 0.717) is 36.3 Å². The van der Waals surface area contributed by atoms with E-state index >= 15 is 0 Å². The average Bonchev–Trinajstić information content (AvgIpc) is 2.86. The highest BCUT2D eigenvalue weighted by Gasteiger charge is 2.10. The Labute approximate surface area is 134 Å². The van der Waals surface area contributed by atoms with Gasteiger partial charge in [-0.3, -0.25) is 10.1 Å². The van der Waals surface area contributed by atoms with Gasteiger partial charge in [0.2, 0.25) is 0 Å². The van der Waals surface area contributed by atoms with Crippen molar-refractivity contribution in [2.45, 2.75) is 26.7 Å². The van der Waals surface area contributed by atoms with Crippen LogP contribution in [0.4, 0.5) is 16.3 Å². The van der Waals surface area contributed by atoms with Gasteiger partial charge in [-0.15, -0.1) is 0 Å². The van der Waals surface area contributed by atoms with Crippen LogP contribution in [0.1, 0.15) is 29.1 Å². The lowest BCUT2D eigenvalue weighted by molar-refractivity contribution is 0.252. The molecule has 0 atom stereocenters. The summed E-state index contributed by atoms with van der Waals surface area (Å²) in [6.45, 7) is 4.21. The number of carbonyl (C=O) groups is 1. The molecule has 0 saturated carbocycles. The molecule has 0 spiro atoms. The number of rotatable bonds is 5. The summed E-state index contributed by atoms with van der Waals surface area (Å²) < 4.78 is 0. The molecule has 120 valence electrons. The summed E-state index contributed by atoms with van der Waals surface area (Å²) in [7, 11) is 0. The number of pyridine rings is 1. The van der Waals surface area contributed by atoms with Crippen molar-refractivity contribution in [1.82, 2.24) is 20.5 Å². The number of aromatic nitrogens is 3. The van der Waals surface area contributed by atoms with E-state index in [1.807, 2.05) is 32.0 Å². The van der Waals surface area contributed by atoms with Crippen LogP contribution in [0, 0.1) is 25.2 Å². The summed E-state index contributed by atoms with van der Waals surface area (Å²) in [5.41, 5.74) is 8.98. The monoisotopic (exact) mass is 313 g/mol. The van der Waals surface area contributed by atoms with Crippen LogP contribution in [0.3, 0.4) is 0 Å². The normalized spacial score (nSPS) is 10.1. The first kappa shape index (κ1) is 16.3. The summed E-state index contributed by atoms with van der Waals surface area (Å²) in [5.74, 6) is 0.204. The number of nitrogens with zero attached hydrogens (tertiary/aromatic N) is 3. The zero-order valence-electron chi connectivity index (χ0n) is 13.1. The number of hydrogen-bond acceptors (Lipinski definition) is 5. The zero-order chi connectivity index (χ0) is 16.8. The van der Waals surface area contributed by atoms with E-state index in [1.54, 1.807) is 0 Å². The molecule has 0 saturated heterocycles. The van der Waals surface area contributed by atoms with Crippen molar-refractivity contribution in [3.63, 3.8) is 0 Å². The molecule has 0 aromatic carbocycles. The molecule has 2 rings (SSSR count). The number of urea groups is 1. The van der Waals surface area contributed by atoms with Crippen LogP contribution in [0.15, 0.2) is 12.1 Å². The second-order valence-electron chi connectivity index (χ2n) is 5.14. The van der Waals surface area contributed by atoms with Gasteiger partial charge in [0.05, 0.1) is 17.1 Å². The molecule has 0 aliphatic heterocycles. The molecule has 0 radical (unpaired) electrons. The molecule has 0 aliphatic carbocycles. The van der Waals surface area contributed by atoms with Gasteiger partial charge in [-0.25, -0.2) is 4.79 Å². The second-order valence-corrected chi connectivity index (χ2v) is 5.14. The van der Waals surface area contributed by atoms with E-state index < -0.39 is 0 Å². The molecule has 2 aromatic heterocycles. The molecule has 2 aromatic rings. The highest BCUT2D eigenvalue weighted by atomic mass is 16.2. The smallest absolute Gasteiger partial charge is 0.319 e. The Hall–Kier alpha value is -3.08. The summed E-state index contributed by atoms with van der Waals surface area (Å²) in [6, 6.07) is 5.39. The predicted molar refractivity (Wildman–Crippen MR) is 86.8 cm³/mol. The molecule has 8 heteroatoms. The lowest BCUT2D eigenvalue weighted by Crippen LogP contribution is -2.30. The SMILES string of the molecule is Cc1ccc(NC(=O)NCCCc2[nH]nc(N)c2C#N)c(C)n1. The van der Waals surface area contributed by atoms with Crippen LogP contribution >= 0.6 is 0 Å². The van der Waals surface area contributed by atoms with Gasteiger partial charge < -0.3 is 16.4 Å². The largest absolute Gasteiger partial charge is 0.381 e. The fourth-order valence-electron chi connectivity index (χ4n) is 2.15. The minimum absolute atomic E-state index is 0.204. The summed E-state index contributed by atoms with van der Waals surface area (Å²) in [6.07, 6.45) is 1.24. The first-order valence-electron chi connectivity index (χ1n) is 7.23. The maximum Gasteiger partial charge on any atom is 0.319 e. The molecule has 23 heavy (non-hydrogen) atoms. The molecule has 5 N–H and O–H groups in total. The van der Waals surface area contributed by atoms with E-state index in [4.69, 9.17) is 11.0 Å². The number of hydrogen-bond donors (Lipinski definition) is 4. The van der Waals surface area contributed by atoms with Gasteiger partial charge in [-0.1, -0.05) is 0 Å². The van der Waals surface area contributed by atoms with Gasteiger partial charge in [-0.2, -0.15) is 10.4 Å². The Balaban J connectivity index is 1.78. The molecular weight excluding hydrogens is 294 g/mol. The van der Waals surface area contributed by atoms with Crippen molar-refractivity contribution in [3.05, 3.63) is 34.8 Å². The lowest BCUT2D eigenvalue weighted by Gasteiger charge is -2.09. The second kappa shape index (κ2) is 7.26. The molecular formula is C15H19N7O. The summed E-state index contributed by atoms with van der Waals surface area (Å²) >= 11 is 0. The van der Waals surface area contributed by atoms with Crippen LogP contribution in [0.5, 0.6) is 0 Å². The number of H-pyrrole nitrogens is 1. The van der Waals surface area contributed by atoms with Crippen LogP contribution in [0.25, 0.3) is 0 Å². The standard InChI is InChI=1S/C15H19N7O/c1-9-5-6-12(10(2)19-9)20-15(23)18-7-3-4-13-11(8-16)14(17)22-21-13/h5-6H,3-4,7H2,1-2H3,(H3,17,21,22)(H2,18,20,23). The number of carbonyl (C=O) groups excluding carboxylic acids is 1. The predicted octanol–water partition coefficient (Wildman–Crippen LogP) is 1.63. The number of aryl methyl sites for hydroxylation is 3. The van der Waals surface area contributed by atoms with Crippen LogP contribution < -0.4 is 16.4 Å². The van der Waals surface area contributed by atoms with E-state index in [9.17, 15) is 4.79 Å². The number of nitrogen functional groups attached to an aromatic ring is 1. The zero-order valence-corrected chi connectivity index (χ0v) is 13.1. The minimum Gasteiger partial charge on any atom is -0.381 e. The number of nitriles is 1. The Morgan fingerprint density at radius 2 is 2.22 bits per heavy atom. The van der Waals surface area contributed by atoms with Crippen LogP contribution in [-0.2, 0) is 6.42 Å². The third-order valence-electron chi connectivity index (χ3n) is 3.34. The topological polar surface area (TPSA) is 133 Å². The number of anilines is 2. The van der Waals surface area contributed by atoms with Crippen molar-refractivity contribution in [2.24, 2.45) is 0 Å². The summed E-state index contributed by atoms with van der Waals surface area (Å²) in [5, 5.41) is 21.0. The maximum atomic E-state index is 11.8. The van der Waals surface area contributed by atoms with Crippen molar-refractivity contribution >= 4 is 17.5 Å². The van der Waals surface area contributed by atoms with Gasteiger partial charge in [0.15, 0.2) is 5.82 Å². The number of aromatic amines is 1. The number of amides is 2. The Morgan fingerprint density at radius 1 is 1.43 bits per heavy atom. The van der Waals surface area contributed by atoms with Gasteiger partial charge in [0, 0.05) is 12.2 Å². The van der Waals surface area contributed by atoms with E-state index in [-0.39, 0.29) is 11.8 Å². The van der Waals surface area contributed by atoms with Crippen molar-refractivity contribution < 1.29 is 4.79 Å². The van der Waals surface area contributed by atoms with Crippen LogP contribution in [-0.4, -0.2) is 27.8 Å². The number of nitrogens with two attached hydrogens (primary N) is 1. The fraction of sp³-hybridized carbons (Fsp3) is 0.333. The minimum atomic E-state index is -0.289. The van der Waals surface area contributed by atoms with Crippen molar-refractivity contribution in [3.8, 4) is 6.07 Å². The third kappa shape index (κ3) is 4.20. The Morgan fingerprint density at radius 3 is 2.91 bits per heavy atom. The van der Waals surface area contributed by atoms with Gasteiger partial charge in [0.25, 0.3) is 0 Å². The lowest BCUT2D eigenvalue weighted by atomic mass is 10.1. The van der Waals surface area contributed by atoms with Crippen molar-refractivity contribution in [2.75, 3.05) is 17.6 Å². The highest BCUT2D eigenvalue weighted by molar-refractivity contribution is 5.89. The van der Waals surface area contributed by atoms with Crippen LogP contribution in [0.2, 0.25) is 0 Å². The van der Waals surface area contributed by atoms with E-state index in [2.05, 4.69) is 25.8 Å². The molecule has 2 heterocycles. The Bertz CT molecular complexity index is 745. The first-order chi connectivity index (χ1) is 11.0. The molecule has 0 unspecified atom stereocenters. The highest BCUT2D eigenvalue weighted by Crippen LogP contribution is 2.13. The summed E-state index contributed by atoms with van der Waals surface area (Å²) in [4.78, 5) is 16.1. The number of nitrogens with one attached hydrogen (secondary N) is 3.